The summed E-state index contributed by atoms with van der Waals surface area (Å²) in [6.07, 6.45) is 0.969. The zero-order chi connectivity index (χ0) is 15.2. The normalized spacial score (nSPS) is 10.2. The third-order valence-corrected chi connectivity index (χ3v) is 3.36. The molecular weight excluding hydrogens is 337 g/mol. The first kappa shape index (κ1) is 15.4. The Morgan fingerprint density at radius 3 is 2.86 bits per heavy atom. The Balaban J connectivity index is 2.10. The number of aromatic nitrogens is 1. The number of rotatable bonds is 5. The lowest BCUT2D eigenvalue weighted by Gasteiger charge is -2.08. The Morgan fingerprint density at radius 1 is 1.33 bits per heavy atom. The predicted molar refractivity (Wildman–Crippen MR) is 85.1 cm³/mol. The number of carbonyl (C=O) groups excluding carboxylic acids is 1. The summed E-state index contributed by atoms with van der Waals surface area (Å²) < 4.78 is 13.8. The van der Waals surface area contributed by atoms with Crippen molar-refractivity contribution in [3.63, 3.8) is 0 Å². The van der Waals surface area contributed by atoms with E-state index in [1.54, 1.807) is 24.3 Å². The molecule has 2 N–H and O–H groups in total. The number of pyridine rings is 1. The number of benzene rings is 1. The molecule has 0 radical (unpaired) electrons. The molecule has 0 saturated heterocycles. The minimum atomic E-state index is -0.431. The van der Waals surface area contributed by atoms with Crippen LogP contribution in [0.2, 0.25) is 0 Å². The standard InChI is InChI=1S/C15H15BrFN3O/c1-2-8-18-14-5-3-4-13(20-14)15(21)19-10-6-7-11(16)12(17)9-10/h3-7,9H,2,8H2,1H3,(H,18,20)(H,19,21). The van der Waals surface area contributed by atoms with E-state index < -0.39 is 5.82 Å². The van der Waals surface area contributed by atoms with E-state index in [2.05, 4.69) is 31.5 Å². The van der Waals surface area contributed by atoms with E-state index >= 15 is 0 Å². The van der Waals surface area contributed by atoms with Gasteiger partial charge in [-0.1, -0.05) is 13.0 Å². The van der Waals surface area contributed by atoms with E-state index in [4.69, 9.17) is 0 Å². The Labute approximate surface area is 130 Å². The molecule has 0 saturated carbocycles. The Bertz CT molecular complexity index is 649. The van der Waals surface area contributed by atoms with E-state index in [-0.39, 0.29) is 11.6 Å². The van der Waals surface area contributed by atoms with Gasteiger partial charge >= 0.3 is 0 Å². The quantitative estimate of drug-likeness (QED) is 0.853. The molecule has 4 nitrogen and oxygen atoms in total. The molecule has 1 heterocycles. The van der Waals surface area contributed by atoms with Gasteiger partial charge in [-0.25, -0.2) is 9.37 Å². The summed E-state index contributed by atoms with van der Waals surface area (Å²) in [5, 5.41) is 5.73. The average Bonchev–Trinajstić information content (AvgIpc) is 2.49. The molecule has 0 bridgehead atoms. The second-order valence-electron chi connectivity index (χ2n) is 4.42. The summed E-state index contributed by atoms with van der Waals surface area (Å²) in [7, 11) is 0. The van der Waals surface area contributed by atoms with Crippen LogP contribution in [0.5, 0.6) is 0 Å². The molecule has 0 aliphatic carbocycles. The maximum atomic E-state index is 13.4. The Morgan fingerprint density at radius 2 is 2.14 bits per heavy atom. The first-order valence-electron chi connectivity index (χ1n) is 6.57. The van der Waals surface area contributed by atoms with Gasteiger partial charge in [0.15, 0.2) is 0 Å². The van der Waals surface area contributed by atoms with Crippen LogP contribution in [0.15, 0.2) is 40.9 Å². The molecule has 0 spiro atoms. The first-order valence-corrected chi connectivity index (χ1v) is 7.37. The summed E-state index contributed by atoms with van der Waals surface area (Å²) in [6, 6.07) is 9.57. The summed E-state index contributed by atoms with van der Waals surface area (Å²) in [5.41, 5.74) is 0.661. The maximum Gasteiger partial charge on any atom is 0.274 e. The third-order valence-electron chi connectivity index (χ3n) is 2.72. The molecule has 0 fully saturated rings. The van der Waals surface area contributed by atoms with E-state index in [1.807, 2.05) is 6.92 Å². The number of nitrogens with one attached hydrogen (secondary N) is 2. The number of hydrogen-bond donors (Lipinski definition) is 2. The lowest BCUT2D eigenvalue weighted by Crippen LogP contribution is -2.15. The lowest BCUT2D eigenvalue weighted by molar-refractivity contribution is 0.102. The Kier molecular flexibility index (Phi) is 5.27. The van der Waals surface area contributed by atoms with Gasteiger partial charge in [0.1, 0.15) is 17.3 Å². The second-order valence-corrected chi connectivity index (χ2v) is 5.27. The van der Waals surface area contributed by atoms with Crippen LogP contribution >= 0.6 is 15.9 Å². The maximum absolute atomic E-state index is 13.4. The molecule has 1 amide bonds. The number of anilines is 2. The Hall–Kier alpha value is -1.95. The molecule has 0 aliphatic rings. The number of nitrogens with zero attached hydrogens (tertiary/aromatic N) is 1. The largest absolute Gasteiger partial charge is 0.370 e. The molecule has 2 rings (SSSR count). The molecule has 0 unspecified atom stereocenters. The topological polar surface area (TPSA) is 54.0 Å². The van der Waals surface area contributed by atoms with Crippen LogP contribution in [0.3, 0.4) is 0 Å². The molecule has 0 atom stereocenters. The number of carbonyl (C=O) groups is 1. The van der Waals surface area contributed by atoms with E-state index in [1.165, 1.54) is 12.1 Å². The van der Waals surface area contributed by atoms with Crippen LogP contribution in [-0.4, -0.2) is 17.4 Å². The lowest BCUT2D eigenvalue weighted by atomic mass is 10.3. The molecule has 0 aliphatic heterocycles. The predicted octanol–water partition coefficient (Wildman–Crippen LogP) is 4.06. The van der Waals surface area contributed by atoms with Gasteiger partial charge in [0, 0.05) is 12.2 Å². The third kappa shape index (κ3) is 4.26. The zero-order valence-electron chi connectivity index (χ0n) is 11.5. The summed E-state index contributed by atoms with van der Waals surface area (Å²) in [5.74, 6) is -0.164. The first-order chi connectivity index (χ1) is 10.1. The fourth-order valence-corrected chi connectivity index (χ4v) is 1.93. The average molecular weight is 352 g/mol. The van der Waals surface area contributed by atoms with Crippen LogP contribution in [0.25, 0.3) is 0 Å². The van der Waals surface area contributed by atoms with Crippen molar-refractivity contribution in [2.75, 3.05) is 17.2 Å². The second kappa shape index (κ2) is 7.17. The van der Waals surface area contributed by atoms with Crippen LogP contribution in [-0.2, 0) is 0 Å². The highest BCUT2D eigenvalue weighted by Crippen LogP contribution is 2.19. The van der Waals surface area contributed by atoms with E-state index in [0.29, 0.717) is 16.0 Å². The van der Waals surface area contributed by atoms with Crippen molar-refractivity contribution in [1.29, 1.82) is 0 Å². The van der Waals surface area contributed by atoms with E-state index in [9.17, 15) is 9.18 Å². The molecule has 1 aromatic heterocycles. The fourth-order valence-electron chi connectivity index (χ4n) is 1.68. The van der Waals surface area contributed by atoms with Gasteiger partial charge < -0.3 is 10.6 Å². The molecule has 1 aromatic carbocycles. The highest BCUT2D eigenvalue weighted by Gasteiger charge is 2.09. The summed E-state index contributed by atoms with van der Waals surface area (Å²) in [6.45, 7) is 2.83. The van der Waals surface area contributed by atoms with Gasteiger partial charge in [0.05, 0.1) is 4.47 Å². The van der Waals surface area contributed by atoms with Gasteiger partial charge in [-0.05, 0) is 52.7 Å². The number of hydrogen-bond acceptors (Lipinski definition) is 3. The van der Waals surface area contributed by atoms with Gasteiger partial charge in [0.2, 0.25) is 0 Å². The smallest absolute Gasteiger partial charge is 0.274 e. The zero-order valence-corrected chi connectivity index (χ0v) is 13.1. The van der Waals surface area contributed by atoms with Gasteiger partial charge in [-0.2, -0.15) is 0 Å². The van der Waals surface area contributed by atoms with Crippen molar-refractivity contribution in [3.05, 3.63) is 52.4 Å². The van der Waals surface area contributed by atoms with Crippen molar-refractivity contribution in [1.82, 2.24) is 4.98 Å². The van der Waals surface area contributed by atoms with Crippen molar-refractivity contribution >= 4 is 33.3 Å². The van der Waals surface area contributed by atoms with Crippen molar-refractivity contribution in [2.24, 2.45) is 0 Å². The van der Waals surface area contributed by atoms with Gasteiger partial charge in [-0.15, -0.1) is 0 Å². The van der Waals surface area contributed by atoms with Crippen LogP contribution in [0.4, 0.5) is 15.9 Å². The molecular formula is C15H15BrFN3O. The highest BCUT2D eigenvalue weighted by molar-refractivity contribution is 9.10. The van der Waals surface area contributed by atoms with Crippen LogP contribution in [0, 0.1) is 5.82 Å². The molecule has 21 heavy (non-hydrogen) atoms. The molecule has 2 aromatic rings. The summed E-state index contributed by atoms with van der Waals surface area (Å²) in [4.78, 5) is 16.3. The summed E-state index contributed by atoms with van der Waals surface area (Å²) >= 11 is 3.07. The van der Waals surface area contributed by atoms with Gasteiger partial charge in [-0.3, -0.25) is 4.79 Å². The van der Waals surface area contributed by atoms with Crippen LogP contribution < -0.4 is 10.6 Å². The number of halogens is 2. The monoisotopic (exact) mass is 351 g/mol. The molecule has 110 valence electrons. The van der Waals surface area contributed by atoms with Crippen LogP contribution in [0.1, 0.15) is 23.8 Å². The highest BCUT2D eigenvalue weighted by atomic mass is 79.9. The van der Waals surface area contributed by atoms with Gasteiger partial charge in [0.25, 0.3) is 5.91 Å². The molecule has 6 heteroatoms. The van der Waals surface area contributed by atoms with E-state index in [0.717, 1.165) is 13.0 Å². The minimum absolute atomic E-state index is 0.277. The SMILES string of the molecule is CCCNc1cccc(C(=O)Nc2ccc(Br)c(F)c2)n1. The van der Waals surface area contributed by atoms with Crippen molar-refractivity contribution < 1.29 is 9.18 Å². The fraction of sp³-hybridized carbons (Fsp3) is 0.200. The minimum Gasteiger partial charge on any atom is -0.370 e. The van der Waals surface area contributed by atoms with Crippen molar-refractivity contribution in [2.45, 2.75) is 13.3 Å². The number of amides is 1. The van der Waals surface area contributed by atoms with Crippen molar-refractivity contribution in [3.8, 4) is 0 Å².